The molecule has 5 nitrogen and oxygen atoms in total. The van der Waals surface area contributed by atoms with E-state index in [-0.39, 0.29) is 30.4 Å². The molecule has 1 N–H and O–H groups in total. The number of hydrogen-bond donors (Lipinski definition) is 1. The lowest BCUT2D eigenvalue weighted by Gasteiger charge is -2.41. The lowest BCUT2D eigenvalue weighted by Crippen LogP contribution is -2.63. The molecular formula is C13H21N3O2. The zero-order valence-corrected chi connectivity index (χ0v) is 10.9. The van der Waals surface area contributed by atoms with E-state index in [2.05, 4.69) is 17.3 Å². The van der Waals surface area contributed by atoms with Crippen LogP contribution in [0, 0.1) is 5.92 Å². The summed E-state index contributed by atoms with van der Waals surface area (Å²) in [6.07, 6.45) is 4.30. The predicted octanol–water partition coefficient (Wildman–Crippen LogP) is -0.182. The fourth-order valence-electron chi connectivity index (χ4n) is 3.14. The van der Waals surface area contributed by atoms with Crippen LogP contribution in [0.3, 0.4) is 0 Å². The standard InChI is InChI=1S/C13H21N3O2/c1-15-6-2-3-10(7-15)16-8-11(17)14-12(13(16)18)9-4-5-9/h9-10,12H,2-8H2,1H3,(H,14,17). The Balaban J connectivity index is 1.72. The van der Waals surface area contributed by atoms with Gasteiger partial charge < -0.3 is 15.1 Å². The third-order valence-corrected chi connectivity index (χ3v) is 4.31. The van der Waals surface area contributed by atoms with Crippen molar-refractivity contribution in [1.29, 1.82) is 0 Å². The molecule has 2 aliphatic heterocycles. The van der Waals surface area contributed by atoms with E-state index in [0.29, 0.717) is 5.92 Å². The number of rotatable bonds is 2. The average Bonchev–Trinajstić information content (AvgIpc) is 3.16. The van der Waals surface area contributed by atoms with Gasteiger partial charge in [0.05, 0.1) is 6.54 Å². The minimum absolute atomic E-state index is 0.0136. The molecule has 2 atom stereocenters. The van der Waals surface area contributed by atoms with Crippen molar-refractivity contribution < 1.29 is 9.59 Å². The van der Waals surface area contributed by atoms with E-state index in [1.807, 2.05) is 4.90 Å². The van der Waals surface area contributed by atoms with E-state index >= 15 is 0 Å². The van der Waals surface area contributed by atoms with Crippen molar-refractivity contribution in [3.8, 4) is 0 Å². The van der Waals surface area contributed by atoms with Crippen molar-refractivity contribution in [3.05, 3.63) is 0 Å². The number of carbonyl (C=O) groups is 2. The summed E-state index contributed by atoms with van der Waals surface area (Å²) in [5.41, 5.74) is 0. The molecule has 1 aliphatic carbocycles. The van der Waals surface area contributed by atoms with Crippen molar-refractivity contribution in [2.24, 2.45) is 5.92 Å². The van der Waals surface area contributed by atoms with Crippen LogP contribution in [-0.2, 0) is 9.59 Å². The second-order valence-electron chi connectivity index (χ2n) is 5.91. The van der Waals surface area contributed by atoms with Crippen LogP contribution in [0.2, 0.25) is 0 Å². The number of likely N-dealkylation sites (N-methyl/N-ethyl adjacent to an activating group) is 1. The highest BCUT2D eigenvalue weighted by Gasteiger charge is 2.44. The van der Waals surface area contributed by atoms with Gasteiger partial charge in [0.25, 0.3) is 0 Å². The van der Waals surface area contributed by atoms with Gasteiger partial charge in [-0.3, -0.25) is 9.59 Å². The zero-order chi connectivity index (χ0) is 12.7. The molecule has 0 spiro atoms. The van der Waals surface area contributed by atoms with Crippen LogP contribution in [0.15, 0.2) is 0 Å². The fraction of sp³-hybridized carbons (Fsp3) is 0.846. The van der Waals surface area contributed by atoms with Crippen LogP contribution in [0.5, 0.6) is 0 Å². The Hall–Kier alpha value is -1.10. The van der Waals surface area contributed by atoms with Crippen LogP contribution in [0.25, 0.3) is 0 Å². The van der Waals surface area contributed by atoms with Gasteiger partial charge in [-0.05, 0) is 45.2 Å². The quantitative estimate of drug-likeness (QED) is 0.740. The highest BCUT2D eigenvalue weighted by Crippen LogP contribution is 2.35. The normalized spacial score (nSPS) is 34.6. The summed E-state index contributed by atoms with van der Waals surface area (Å²) >= 11 is 0. The second-order valence-corrected chi connectivity index (χ2v) is 5.91. The largest absolute Gasteiger partial charge is 0.342 e. The molecule has 0 aromatic rings. The average molecular weight is 251 g/mol. The van der Waals surface area contributed by atoms with Gasteiger partial charge in [0.1, 0.15) is 6.04 Å². The first-order chi connectivity index (χ1) is 8.65. The molecule has 18 heavy (non-hydrogen) atoms. The van der Waals surface area contributed by atoms with Gasteiger partial charge in [-0.15, -0.1) is 0 Å². The second kappa shape index (κ2) is 4.53. The molecule has 0 aromatic carbocycles. The van der Waals surface area contributed by atoms with Crippen LogP contribution < -0.4 is 5.32 Å². The Kier molecular flexibility index (Phi) is 3.01. The first-order valence-corrected chi connectivity index (χ1v) is 6.93. The number of likely N-dealkylation sites (tertiary alicyclic amines) is 1. The Morgan fingerprint density at radius 2 is 2.00 bits per heavy atom. The summed E-state index contributed by atoms with van der Waals surface area (Å²) in [4.78, 5) is 28.3. The number of hydrogen-bond acceptors (Lipinski definition) is 3. The van der Waals surface area contributed by atoms with Gasteiger partial charge >= 0.3 is 0 Å². The van der Waals surface area contributed by atoms with Gasteiger partial charge in [-0.25, -0.2) is 0 Å². The summed E-state index contributed by atoms with van der Waals surface area (Å²) in [6.45, 7) is 2.24. The summed E-state index contributed by atoms with van der Waals surface area (Å²) in [7, 11) is 2.08. The highest BCUT2D eigenvalue weighted by molar-refractivity contribution is 5.95. The smallest absolute Gasteiger partial charge is 0.246 e. The van der Waals surface area contributed by atoms with E-state index in [0.717, 1.165) is 38.8 Å². The summed E-state index contributed by atoms with van der Waals surface area (Å²) in [6, 6.07) is -0.0120. The van der Waals surface area contributed by atoms with Gasteiger partial charge in [0.2, 0.25) is 11.8 Å². The molecule has 0 bridgehead atoms. The Morgan fingerprint density at radius 3 is 2.67 bits per heavy atom. The molecule has 5 heteroatoms. The van der Waals surface area contributed by atoms with Gasteiger partial charge in [0, 0.05) is 12.6 Å². The number of carbonyl (C=O) groups excluding carboxylic acids is 2. The Morgan fingerprint density at radius 1 is 1.22 bits per heavy atom. The molecule has 1 saturated carbocycles. The van der Waals surface area contributed by atoms with Crippen LogP contribution in [0.4, 0.5) is 0 Å². The van der Waals surface area contributed by atoms with Crippen LogP contribution >= 0.6 is 0 Å². The van der Waals surface area contributed by atoms with Crippen molar-refractivity contribution >= 4 is 11.8 Å². The van der Waals surface area contributed by atoms with E-state index in [1.165, 1.54) is 0 Å². The maximum atomic E-state index is 12.5. The molecule has 3 rings (SSSR count). The SMILES string of the molecule is CN1CCCC(N2CC(=O)NC(C3CC3)C2=O)C1. The maximum Gasteiger partial charge on any atom is 0.246 e. The predicted molar refractivity (Wildman–Crippen MR) is 66.9 cm³/mol. The van der Waals surface area contributed by atoms with Crippen LogP contribution in [0.1, 0.15) is 25.7 Å². The molecule has 0 radical (unpaired) electrons. The first kappa shape index (κ1) is 12.0. The number of nitrogens with one attached hydrogen (secondary N) is 1. The lowest BCUT2D eigenvalue weighted by atomic mass is 10.0. The van der Waals surface area contributed by atoms with Gasteiger partial charge in [-0.2, -0.15) is 0 Å². The molecule has 100 valence electrons. The highest BCUT2D eigenvalue weighted by atomic mass is 16.2. The minimum Gasteiger partial charge on any atom is -0.342 e. The zero-order valence-electron chi connectivity index (χ0n) is 10.9. The molecule has 3 fully saturated rings. The molecule has 2 unspecified atom stereocenters. The summed E-state index contributed by atoms with van der Waals surface area (Å²) in [5, 5.41) is 2.86. The monoisotopic (exact) mass is 251 g/mol. The molecule has 0 aromatic heterocycles. The number of piperidine rings is 1. The van der Waals surface area contributed by atoms with Crippen molar-refractivity contribution in [1.82, 2.24) is 15.1 Å². The number of piperazine rings is 1. The minimum atomic E-state index is -0.238. The number of nitrogens with zero attached hydrogens (tertiary/aromatic N) is 2. The summed E-state index contributed by atoms with van der Waals surface area (Å²) in [5.74, 6) is 0.558. The van der Waals surface area contributed by atoms with E-state index < -0.39 is 0 Å². The van der Waals surface area contributed by atoms with E-state index in [9.17, 15) is 9.59 Å². The molecular weight excluding hydrogens is 230 g/mol. The van der Waals surface area contributed by atoms with E-state index in [1.54, 1.807) is 0 Å². The number of amides is 2. The fourth-order valence-corrected chi connectivity index (χ4v) is 3.14. The first-order valence-electron chi connectivity index (χ1n) is 6.93. The molecule has 2 heterocycles. The molecule has 2 saturated heterocycles. The Labute approximate surface area is 107 Å². The van der Waals surface area contributed by atoms with Crippen molar-refractivity contribution in [3.63, 3.8) is 0 Å². The van der Waals surface area contributed by atoms with Gasteiger partial charge in [-0.1, -0.05) is 0 Å². The van der Waals surface area contributed by atoms with Crippen molar-refractivity contribution in [2.45, 2.75) is 37.8 Å². The third kappa shape index (κ3) is 2.23. The molecule has 2 amide bonds. The van der Waals surface area contributed by atoms with Crippen LogP contribution in [-0.4, -0.2) is 60.4 Å². The van der Waals surface area contributed by atoms with Gasteiger partial charge in [0.15, 0.2) is 0 Å². The topological polar surface area (TPSA) is 52.6 Å². The maximum absolute atomic E-state index is 12.5. The lowest BCUT2D eigenvalue weighted by molar-refractivity contribution is -0.148. The third-order valence-electron chi connectivity index (χ3n) is 4.31. The summed E-state index contributed by atoms with van der Waals surface area (Å²) < 4.78 is 0. The Bertz CT molecular complexity index is 367. The van der Waals surface area contributed by atoms with E-state index in [4.69, 9.17) is 0 Å². The van der Waals surface area contributed by atoms with Crippen molar-refractivity contribution in [2.75, 3.05) is 26.7 Å². The molecule has 3 aliphatic rings.